The molecule has 1 saturated heterocycles. The van der Waals surface area contributed by atoms with Gasteiger partial charge in [-0.1, -0.05) is 12.1 Å². The van der Waals surface area contributed by atoms with Crippen LogP contribution in [-0.2, 0) is 12.8 Å². The maximum Gasteiger partial charge on any atom is 0.322 e. The van der Waals surface area contributed by atoms with E-state index in [2.05, 4.69) is 11.4 Å². The number of benzene rings is 1. The maximum absolute atomic E-state index is 12.4. The molecule has 2 amide bonds. The quantitative estimate of drug-likeness (QED) is 0.871. The molecule has 4 nitrogen and oxygen atoms in total. The van der Waals surface area contributed by atoms with Gasteiger partial charge in [0.05, 0.1) is 12.6 Å². The van der Waals surface area contributed by atoms with Crippen molar-refractivity contribution in [3.63, 3.8) is 0 Å². The summed E-state index contributed by atoms with van der Waals surface area (Å²) in [6, 6.07) is 6.09. The Morgan fingerprint density at radius 1 is 1.30 bits per heavy atom. The largest absolute Gasteiger partial charge is 0.394 e. The first-order chi connectivity index (χ1) is 9.79. The summed E-state index contributed by atoms with van der Waals surface area (Å²) in [7, 11) is 0. The van der Waals surface area contributed by atoms with E-state index in [9.17, 15) is 9.90 Å². The van der Waals surface area contributed by atoms with E-state index < -0.39 is 0 Å². The predicted molar refractivity (Wildman–Crippen MR) is 78.9 cm³/mol. The number of aliphatic hydroxyl groups excluding tert-OH is 1. The molecular formula is C16H22N2O2. The minimum Gasteiger partial charge on any atom is -0.394 e. The third kappa shape index (κ3) is 2.52. The van der Waals surface area contributed by atoms with E-state index in [1.807, 2.05) is 12.1 Å². The van der Waals surface area contributed by atoms with E-state index >= 15 is 0 Å². The van der Waals surface area contributed by atoms with Gasteiger partial charge in [-0.15, -0.1) is 0 Å². The highest BCUT2D eigenvalue weighted by molar-refractivity contribution is 5.90. The smallest absolute Gasteiger partial charge is 0.322 e. The van der Waals surface area contributed by atoms with Gasteiger partial charge in [-0.3, -0.25) is 0 Å². The summed E-state index contributed by atoms with van der Waals surface area (Å²) < 4.78 is 0. The van der Waals surface area contributed by atoms with Crippen molar-refractivity contribution in [1.29, 1.82) is 0 Å². The molecule has 2 N–H and O–H groups in total. The van der Waals surface area contributed by atoms with E-state index in [1.54, 1.807) is 4.90 Å². The lowest BCUT2D eigenvalue weighted by Gasteiger charge is -2.25. The van der Waals surface area contributed by atoms with Crippen LogP contribution in [0.15, 0.2) is 18.2 Å². The Labute approximate surface area is 119 Å². The molecule has 1 heterocycles. The number of fused-ring (bicyclic) bond motifs is 1. The van der Waals surface area contributed by atoms with Crippen molar-refractivity contribution in [2.75, 3.05) is 18.5 Å². The first kappa shape index (κ1) is 13.4. The van der Waals surface area contributed by atoms with Crippen LogP contribution in [-0.4, -0.2) is 35.2 Å². The highest BCUT2D eigenvalue weighted by Gasteiger charge is 2.28. The molecule has 1 aliphatic carbocycles. The number of aryl methyl sites for hydroxylation is 1. The van der Waals surface area contributed by atoms with Gasteiger partial charge in [0.25, 0.3) is 0 Å². The van der Waals surface area contributed by atoms with E-state index in [0.29, 0.717) is 0 Å². The molecule has 0 unspecified atom stereocenters. The van der Waals surface area contributed by atoms with Crippen molar-refractivity contribution in [1.82, 2.24) is 4.90 Å². The van der Waals surface area contributed by atoms with Gasteiger partial charge in [0.2, 0.25) is 0 Å². The van der Waals surface area contributed by atoms with Gasteiger partial charge in [-0.05, 0) is 55.7 Å². The summed E-state index contributed by atoms with van der Waals surface area (Å²) in [4.78, 5) is 14.1. The lowest BCUT2D eigenvalue weighted by molar-refractivity contribution is 0.166. The molecule has 1 atom stereocenters. The summed E-state index contributed by atoms with van der Waals surface area (Å²) >= 11 is 0. The number of aliphatic hydroxyl groups is 1. The number of amides is 2. The summed E-state index contributed by atoms with van der Waals surface area (Å²) in [5.74, 6) is 0. The summed E-state index contributed by atoms with van der Waals surface area (Å²) in [5, 5.41) is 12.4. The Hall–Kier alpha value is -1.55. The van der Waals surface area contributed by atoms with Crippen LogP contribution >= 0.6 is 0 Å². The van der Waals surface area contributed by atoms with Crippen LogP contribution in [0.2, 0.25) is 0 Å². The molecular weight excluding hydrogens is 252 g/mol. The van der Waals surface area contributed by atoms with Gasteiger partial charge in [-0.2, -0.15) is 0 Å². The van der Waals surface area contributed by atoms with Gasteiger partial charge < -0.3 is 15.3 Å². The first-order valence-corrected chi connectivity index (χ1v) is 7.59. The minimum absolute atomic E-state index is 0.0189. The van der Waals surface area contributed by atoms with E-state index in [0.717, 1.165) is 37.9 Å². The lowest BCUT2D eigenvalue weighted by atomic mass is 9.90. The Balaban J connectivity index is 1.76. The van der Waals surface area contributed by atoms with Crippen LogP contribution in [0.1, 0.15) is 36.8 Å². The highest BCUT2D eigenvalue weighted by atomic mass is 16.3. The fourth-order valence-electron chi connectivity index (χ4n) is 3.38. The average Bonchev–Trinajstić information content (AvgIpc) is 2.96. The van der Waals surface area contributed by atoms with Crippen LogP contribution in [0.4, 0.5) is 10.5 Å². The minimum atomic E-state index is -0.0690. The van der Waals surface area contributed by atoms with Crippen LogP contribution in [0, 0.1) is 0 Å². The second kappa shape index (κ2) is 5.83. The third-order valence-electron chi connectivity index (χ3n) is 4.49. The molecule has 0 radical (unpaired) electrons. The van der Waals surface area contributed by atoms with Crippen molar-refractivity contribution >= 4 is 11.7 Å². The fourth-order valence-corrected chi connectivity index (χ4v) is 3.38. The van der Waals surface area contributed by atoms with Crippen molar-refractivity contribution < 1.29 is 9.90 Å². The zero-order valence-electron chi connectivity index (χ0n) is 11.8. The van der Waals surface area contributed by atoms with E-state index in [4.69, 9.17) is 0 Å². The third-order valence-corrected chi connectivity index (χ3v) is 4.49. The Morgan fingerprint density at radius 2 is 2.15 bits per heavy atom. The number of carbonyl (C=O) groups excluding carboxylic acids is 1. The summed E-state index contributed by atoms with van der Waals surface area (Å²) in [6.45, 7) is 0.798. The lowest BCUT2D eigenvalue weighted by Crippen LogP contribution is -2.40. The Bertz CT molecular complexity index is 501. The summed E-state index contributed by atoms with van der Waals surface area (Å²) in [5.41, 5.74) is 3.62. The predicted octanol–water partition coefficient (Wildman–Crippen LogP) is 2.55. The molecule has 1 aliphatic heterocycles. The fraction of sp³-hybridized carbons (Fsp3) is 0.562. The van der Waals surface area contributed by atoms with E-state index in [-0.39, 0.29) is 18.7 Å². The van der Waals surface area contributed by atoms with Crippen LogP contribution in [0.3, 0.4) is 0 Å². The van der Waals surface area contributed by atoms with Crippen molar-refractivity contribution in [2.45, 2.75) is 44.6 Å². The zero-order chi connectivity index (χ0) is 13.9. The normalized spacial score (nSPS) is 21.6. The average molecular weight is 274 g/mol. The molecule has 1 aromatic carbocycles. The van der Waals surface area contributed by atoms with Crippen molar-refractivity contribution in [2.24, 2.45) is 0 Å². The number of anilines is 1. The van der Waals surface area contributed by atoms with Gasteiger partial charge in [0.15, 0.2) is 0 Å². The van der Waals surface area contributed by atoms with Crippen LogP contribution in [0.5, 0.6) is 0 Å². The van der Waals surface area contributed by atoms with Gasteiger partial charge in [-0.25, -0.2) is 4.79 Å². The number of likely N-dealkylation sites (tertiary alicyclic amines) is 1. The maximum atomic E-state index is 12.4. The molecule has 4 heteroatoms. The second-order valence-corrected chi connectivity index (χ2v) is 5.75. The Kier molecular flexibility index (Phi) is 3.92. The van der Waals surface area contributed by atoms with E-state index in [1.165, 1.54) is 24.0 Å². The zero-order valence-corrected chi connectivity index (χ0v) is 11.8. The molecule has 1 aromatic rings. The molecule has 20 heavy (non-hydrogen) atoms. The monoisotopic (exact) mass is 274 g/mol. The number of hydrogen-bond donors (Lipinski definition) is 2. The van der Waals surface area contributed by atoms with Gasteiger partial charge in [0, 0.05) is 12.2 Å². The highest BCUT2D eigenvalue weighted by Crippen LogP contribution is 2.28. The number of rotatable bonds is 2. The van der Waals surface area contributed by atoms with Gasteiger partial charge in [0.1, 0.15) is 0 Å². The molecule has 2 aliphatic rings. The Morgan fingerprint density at radius 3 is 3.00 bits per heavy atom. The number of hydrogen-bond acceptors (Lipinski definition) is 2. The topological polar surface area (TPSA) is 52.6 Å². The molecule has 0 aromatic heterocycles. The van der Waals surface area contributed by atoms with Gasteiger partial charge >= 0.3 is 6.03 Å². The molecule has 1 fully saturated rings. The van der Waals surface area contributed by atoms with Crippen LogP contribution in [0.25, 0.3) is 0 Å². The number of carbonyl (C=O) groups is 1. The molecule has 3 rings (SSSR count). The second-order valence-electron chi connectivity index (χ2n) is 5.75. The SMILES string of the molecule is O=C(Nc1cccc2c1CCCC2)N1CCC[C@@H]1CO. The summed E-state index contributed by atoms with van der Waals surface area (Å²) in [6.07, 6.45) is 6.48. The molecule has 0 bridgehead atoms. The number of nitrogens with zero attached hydrogens (tertiary/aromatic N) is 1. The van der Waals surface area contributed by atoms with Crippen molar-refractivity contribution in [3.05, 3.63) is 29.3 Å². The molecule has 108 valence electrons. The van der Waals surface area contributed by atoms with Crippen LogP contribution < -0.4 is 5.32 Å². The number of nitrogens with one attached hydrogen (secondary N) is 1. The first-order valence-electron chi connectivity index (χ1n) is 7.59. The number of urea groups is 1. The van der Waals surface area contributed by atoms with Crippen molar-refractivity contribution in [3.8, 4) is 0 Å². The molecule has 0 spiro atoms. The standard InChI is InChI=1S/C16H22N2O2/c19-11-13-7-4-10-18(13)16(20)17-15-9-3-6-12-5-1-2-8-14(12)15/h3,6,9,13,19H,1-2,4-5,7-8,10-11H2,(H,17,20)/t13-/m1/s1. The molecule has 0 saturated carbocycles.